The van der Waals surface area contributed by atoms with Gasteiger partial charge in [-0.1, -0.05) is 0 Å². The van der Waals surface area contributed by atoms with Crippen molar-refractivity contribution in [1.29, 1.82) is 0 Å². The Morgan fingerprint density at radius 2 is 2.20 bits per heavy atom. The van der Waals surface area contributed by atoms with E-state index in [-0.39, 0.29) is 0 Å². The van der Waals surface area contributed by atoms with Crippen LogP contribution in [-0.2, 0) is 0 Å². The molecule has 0 radical (unpaired) electrons. The monoisotopic (exact) mass is 138 g/mol. The molecule has 1 aliphatic carbocycles. The van der Waals surface area contributed by atoms with Gasteiger partial charge in [0.15, 0.2) is 0 Å². The van der Waals surface area contributed by atoms with Crippen LogP contribution in [-0.4, -0.2) is 37.8 Å². The first kappa shape index (κ1) is 6.35. The minimum Gasteiger partial charge on any atom is -0.309 e. The van der Waals surface area contributed by atoms with E-state index < -0.39 is 0 Å². The van der Waals surface area contributed by atoms with Crippen molar-refractivity contribution in [3.63, 3.8) is 0 Å². The van der Waals surface area contributed by atoms with Gasteiger partial charge in [-0.15, -0.1) is 0 Å². The molecule has 2 aliphatic rings. The van der Waals surface area contributed by atoms with Crippen molar-refractivity contribution in [2.24, 2.45) is 10.4 Å². The summed E-state index contributed by atoms with van der Waals surface area (Å²) in [6.07, 6.45) is 4.86. The van der Waals surface area contributed by atoms with Crippen molar-refractivity contribution < 1.29 is 0 Å². The first-order valence-corrected chi connectivity index (χ1v) is 3.91. The Kier molecular flexibility index (Phi) is 1.15. The minimum absolute atomic E-state index is 0.587. The van der Waals surface area contributed by atoms with E-state index in [4.69, 9.17) is 0 Å². The van der Waals surface area contributed by atoms with E-state index in [0.717, 1.165) is 0 Å². The van der Waals surface area contributed by atoms with E-state index >= 15 is 0 Å². The first-order chi connectivity index (χ1) is 4.73. The van der Waals surface area contributed by atoms with Crippen LogP contribution in [0.5, 0.6) is 0 Å². The Hall–Kier alpha value is -0.370. The number of hydrogen-bond acceptors (Lipinski definition) is 2. The van der Waals surface area contributed by atoms with Crippen LogP contribution in [0.3, 0.4) is 0 Å². The molecule has 2 heteroatoms. The second-order valence-corrected chi connectivity index (χ2v) is 3.84. The summed E-state index contributed by atoms with van der Waals surface area (Å²) >= 11 is 0. The Morgan fingerprint density at radius 3 is 2.50 bits per heavy atom. The van der Waals surface area contributed by atoms with Gasteiger partial charge in [0.2, 0.25) is 0 Å². The van der Waals surface area contributed by atoms with Gasteiger partial charge in [-0.25, -0.2) is 0 Å². The van der Waals surface area contributed by atoms with Gasteiger partial charge in [0.25, 0.3) is 0 Å². The van der Waals surface area contributed by atoms with E-state index in [1.54, 1.807) is 0 Å². The van der Waals surface area contributed by atoms with E-state index in [0.29, 0.717) is 11.5 Å². The van der Waals surface area contributed by atoms with Crippen molar-refractivity contribution in [3.8, 4) is 0 Å². The highest BCUT2D eigenvalue weighted by Crippen LogP contribution is 2.52. The van der Waals surface area contributed by atoms with Crippen LogP contribution < -0.4 is 0 Å². The molecule has 0 N–H and O–H groups in total. The average Bonchev–Trinajstić information content (AvgIpc) is 2.55. The molecule has 1 heterocycles. The maximum atomic E-state index is 4.24. The molecule has 0 amide bonds. The topological polar surface area (TPSA) is 15.6 Å². The predicted molar refractivity (Wildman–Crippen MR) is 42.5 cm³/mol. The summed E-state index contributed by atoms with van der Waals surface area (Å²) < 4.78 is 0. The van der Waals surface area contributed by atoms with E-state index in [1.165, 1.54) is 19.4 Å². The van der Waals surface area contributed by atoms with Crippen molar-refractivity contribution in [2.75, 3.05) is 20.6 Å². The van der Waals surface area contributed by atoms with Crippen LogP contribution in [0.15, 0.2) is 4.99 Å². The molecular formula is C8H14N2. The molecule has 0 aromatic rings. The molecule has 1 saturated carbocycles. The van der Waals surface area contributed by atoms with Gasteiger partial charge in [0.05, 0.1) is 6.04 Å². The SMILES string of the molecule is CN(C)CC1(C2C=N2)CC1. The lowest BCUT2D eigenvalue weighted by Crippen LogP contribution is -2.27. The first-order valence-electron chi connectivity index (χ1n) is 3.91. The third-order valence-corrected chi connectivity index (χ3v) is 2.45. The second-order valence-electron chi connectivity index (χ2n) is 3.84. The van der Waals surface area contributed by atoms with E-state index in [2.05, 4.69) is 30.2 Å². The molecule has 1 fully saturated rings. The average molecular weight is 138 g/mol. The maximum absolute atomic E-state index is 4.24. The normalized spacial score (nSPS) is 32.9. The molecule has 1 atom stereocenters. The summed E-state index contributed by atoms with van der Waals surface area (Å²) in [4.78, 5) is 6.51. The summed E-state index contributed by atoms with van der Waals surface area (Å²) in [7, 11) is 4.28. The van der Waals surface area contributed by atoms with Gasteiger partial charge in [0, 0.05) is 18.2 Å². The van der Waals surface area contributed by atoms with Crippen LogP contribution in [0.2, 0.25) is 0 Å². The molecule has 0 saturated heterocycles. The number of rotatable bonds is 3. The standard InChI is InChI=1S/C8H14N2/c1-10(2)6-8(3-4-8)7-5-9-7/h5,7H,3-4,6H2,1-2H3. The number of hydrogen-bond donors (Lipinski definition) is 0. The zero-order chi connectivity index (χ0) is 7.19. The lowest BCUT2D eigenvalue weighted by Gasteiger charge is -2.17. The van der Waals surface area contributed by atoms with E-state index in [9.17, 15) is 0 Å². The molecule has 0 spiro atoms. The zero-order valence-corrected chi connectivity index (χ0v) is 6.67. The van der Waals surface area contributed by atoms with Crippen molar-refractivity contribution in [3.05, 3.63) is 0 Å². The smallest absolute Gasteiger partial charge is 0.0911 e. The Bertz CT molecular complexity index is 162. The van der Waals surface area contributed by atoms with Crippen LogP contribution in [0.1, 0.15) is 12.8 Å². The molecular weight excluding hydrogens is 124 g/mol. The van der Waals surface area contributed by atoms with Crippen molar-refractivity contribution in [1.82, 2.24) is 4.90 Å². The van der Waals surface area contributed by atoms with Gasteiger partial charge in [-0.2, -0.15) is 0 Å². The van der Waals surface area contributed by atoms with Crippen LogP contribution in [0.4, 0.5) is 0 Å². The molecule has 10 heavy (non-hydrogen) atoms. The molecule has 1 unspecified atom stereocenters. The third kappa shape index (κ3) is 0.966. The highest BCUT2D eigenvalue weighted by molar-refractivity contribution is 5.80. The fourth-order valence-corrected chi connectivity index (χ4v) is 1.70. The van der Waals surface area contributed by atoms with Gasteiger partial charge < -0.3 is 4.90 Å². The summed E-state index contributed by atoms with van der Waals surface area (Å²) in [5, 5.41) is 0. The fraction of sp³-hybridized carbons (Fsp3) is 0.875. The summed E-state index contributed by atoms with van der Waals surface area (Å²) in [6, 6.07) is 0.620. The van der Waals surface area contributed by atoms with Crippen molar-refractivity contribution >= 4 is 6.21 Å². The predicted octanol–water partition coefficient (Wildman–Crippen LogP) is 0.781. The van der Waals surface area contributed by atoms with Gasteiger partial charge in [-0.05, 0) is 26.9 Å². The van der Waals surface area contributed by atoms with Gasteiger partial charge in [0.1, 0.15) is 0 Å². The molecule has 2 nitrogen and oxygen atoms in total. The van der Waals surface area contributed by atoms with E-state index in [1.807, 2.05) is 0 Å². The second kappa shape index (κ2) is 1.82. The quantitative estimate of drug-likeness (QED) is 0.562. The highest BCUT2D eigenvalue weighted by Gasteiger charge is 2.52. The summed E-state index contributed by atoms with van der Waals surface area (Å²) in [5.74, 6) is 0. The third-order valence-electron chi connectivity index (χ3n) is 2.45. The summed E-state index contributed by atoms with van der Waals surface area (Å²) in [5.41, 5.74) is 0.587. The molecule has 0 bridgehead atoms. The number of nitrogens with zero attached hydrogens (tertiary/aromatic N) is 2. The molecule has 0 aromatic carbocycles. The zero-order valence-electron chi connectivity index (χ0n) is 6.67. The van der Waals surface area contributed by atoms with Crippen LogP contribution >= 0.6 is 0 Å². The number of aliphatic imine (C=N–C) groups is 1. The minimum atomic E-state index is 0.587. The van der Waals surface area contributed by atoms with Crippen LogP contribution in [0, 0.1) is 5.41 Å². The van der Waals surface area contributed by atoms with Gasteiger partial charge in [-0.3, -0.25) is 4.99 Å². The fourth-order valence-electron chi connectivity index (χ4n) is 1.70. The maximum Gasteiger partial charge on any atom is 0.0911 e. The highest BCUT2D eigenvalue weighted by atomic mass is 15.1. The Labute approximate surface area is 61.9 Å². The lowest BCUT2D eigenvalue weighted by molar-refractivity contribution is 0.309. The van der Waals surface area contributed by atoms with Crippen LogP contribution in [0.25, 0.3) is 0 Å². The Balaban J connectivity index is 1.89. The lowest BCUT2D eigenvalue weighted by atomic mass is 10.0. The molecule has 2 rings (SSSR count). The molecule has 56 valence electrons. The van der Waals surface area contributed by atoms with Crippen molar-refractivity contribution in [2.45, 2.75) is 18.9 Å². The largest absolute Gasteiger partial charge is 0.309 e. The molecule has 1 aliphatic heterocycles. The van der Waals surface area contributed by atoms with Gasteiger partial charge >= 0.3 is 0 Å². The summed E-state index contributed by atoms with van der Waals surface area (Å²) in [6.45, 7) is 1.22. The molecule has 0 aromatic heterocycles. The Morgan fingerprint density at radius 1 is 1.60 bits per heavy atom.